The van der Waals surface area contributed by atoms with Crippen molar-refractivity contribution in [3.05, 3.63) is 29.8 Å². The molecule has 24 heavy (non-hydrogen) atoms. The summed E-state index contributed by atoms with van der Waals surface area (Å²) >= 11 is 1.79. The number of amides is 1. The van der Waals surface area contributed by atoms with Gasteiger partial charge >= 0.3 is 10.2 Å². The van der Waals surface area contributed by atoms with Crippen LogP contribution in [0.3, 0.4) is 0 Å². The lowest BCUT2D eigenvalue weighted by Crippen LogP contribution is -2.37. The van der Waals surface area contributed by atoms with Crippen LogP contribution in [0.1, 0.15) is 31.1 Å². The van der Waals surface area contributed by atoms with Gasteiger partial charge in [-0.15, -0.1) is 0 Å². The number of hydrogen-bond acceptors (Lipinski definition) is 4. The number of rotatable bonds is 7. The summed E-state index contributed by atoms with van der Waals surface area (Å²) in [4.78, 5) is 12.1. The van der Waals surface area contributed by atoms with Crippen LogP contribution in [0.25, 0.3) is 0 Å². The first-order chi connectivity index (χ1) is 10.9. The monoisotopic (exact) mass is 373 g/mol. The van der Waals surface area contributed by atoms with Gasteiger partial charge in [-0.2, -0.15) is 24.5 Å². The van der Waals surface area contributed by atoms with Crippen LogP contribution < -0.4 is 9.62 Å². The lowest BCUT2D eigenvalue weighted by Gasteiger charge is -2.23. The molecule has 1 aromatic rings. The number of nitrogens with zero attached hydrogens (tertiary/aromatic N) is 2. The Morgan fingerprint density at radius 3 is 2.12 bits per heavy atom. The number of benzene rings is 1. The lowest BCUT2D eigenvalue weighted by molar-refractivity contribution is 0.0956. The molecule has 1 rings (SSSR count). The molecule has 8 heteroatoms. The SMILES string of the molecule is CN(C)S(=O)(=O)N(C)c1ccc(C(=O)NCCSC(C)(C)C)cc1. The quantitative estimate of drug-likeness (QED) is 0.744. The molecule has 136 valence electrons. The van der Waals surface area contributed by atoms with Crippen LogP contribution >= 0.6 is 11.8 Å². The van der Waals surface area contributed by atoms with Crippen LogP contribution in [0.15, 0.2) is 24.3 Å². The first-order valence-electron chi connectivity index (χ1n) is 7.64. The highest BCUT2D eigenvalue weighted by molar-refractivity contribution is 8.00. The number of carbonyl (C=O) groups is 1. The maximum absolute atomic E-state index is 12.1. The van der Waals surface area contributed by atoms with Gasteiger partial charge in [0.2, 0.25) is 0 Å². The van der Waals surface area contributed by atoms with Gasteiger partial charge in [0.25, 0.3) is 5.91 Å². The van der Waals surface area contributed by atoms with E-state index in [0.29, 0.717) is 17.8 Å². The topological polar surface area (TPSA) is 69.7 Å². The van der Waals surface area contributed by atoms with E-state index in [9.17, 15) is 13.2 Å². The molecular formula is C16H27N3O3S2. The second kappa shape index (κ2) is 8.22. The fraction of sp³-hybridized carbons (Fsp3) is 0.562. The highest BCUT2D eigenvalue weighted by atomic mass is 32.2. The summed E-state index contributed by atoms with van der Waals surface area (Å²) in [7, 11) is 0.900. The molecule has 1 aromatic carbocycles. The maximum Gasteiger partial charge on any atom is 0.303 e. The zero-order valence-electron chi connectivity index (χ0n) is 15.2. The van der Waals surface area contributed by atoms with Crippen molar-refractivity contribution in [2.24, 2.45) is 0 Å². The van der Waals surface area contributed by atoms with Crippen LogP contribution in [0, 0.1) is 0 Å². The van der Waals surface area contributed by atoms with Crippen molar-refractivity contribution in [3.8, 4) is 0 Å². The Hall–Kier alpha value is -1.25. The Labute approximate surface area is 149 Å². The minimum Gasteiger partial charge on any atom is -0.351 e. The van der Waals surface area contributed by atoms with E-state index in [2.05, 4.69) is 26.1 Å². The Morgan fingerprint density at radius 1 is 1.12 bits per heavy atom. The van der Waals surface area contributed by atoms with Crippen LogP contribution in [-0.2, 0) is 10.2 Å². The number of nitrogens with one attached hydrogen (secondary N) is 1. The van der Waals surface area contributed by atoms with E-state index >= 15 is 0 Å². The third-order valence-electron chi connectivity index (χ3n) is 3.22. The van der Waals surface area contributed by atoms with Gasteiger partial charge in [0, 0.05) is 43.8 Å². The highest BCUT2D eigenvalue weighted by Gasteiger charge is 2.21. The fourth-order valence-electron chi connectivity index (χ4n) is 1.82. The molecule has 1 N–H and O–H groups in total. The molecule has 0 aromatic heterocycles. The van der Waals surface area contributed by atoms with Crippen molar-refractivity contribution >= 4 is 33.6 Å². The van der Waals surface area contributed by atoms with Gasteiger partial charge < -0.3 is 5.32 Å². The molecule has 0 aliphatic rings. The van der Waals surface area contributed by atoms with Gasteiger partial charge in [-0.3, -0.25) is 9.10 Å². The second-order valence-corrected chi connectivity index (χ2v) is 10.6. The molecule has 0 aliphatic heterocycles. The maximum atomic E-state index is 12.1. The van der Waals surface area contributed by atoms with E-state index in [1.54, 1.807) is 36.0 Å². The molecule has 0 fully saturated rings. The standard InChI is InChI=1S/C16H27N3O3S2/c1-16(2,3)23-12-11-17-15(20)13-7-9-14(10-8-13)19(6)24(21,22)18(4)5/h7-10H,11-12H2,1-6H3,(H,17,20). The summed E-state index contributed by atoms with van der Waals surface area (Å²) in [6.07, 6.45) is 0. The smallest absolute Gasteiger partial charge is 0.303 e. The average molecular weight is 374 g/mol. The second-order valence-electron chi connectivity index (χ2n) is 6.52. The number of anilines is 1. The van der Waals surface area contributed by atoms with E-state index in [1.807, 2.05) is 0 Å². The summed E-state index contributed by atoms with van der Waals surface area (Å²) < 4.78 is 26.6. The molecular weight excluding hydrogens is 346 g/mol. The van der Waals surface area contributed by atoms with Crippen LogP contribution in [0.5, 0.6) is 0 Å². The van der Waals surface area contributed by atoms with Gasteiger partial charge in [-0.25, -0.2) is 0 Å². The van der Waals surface area contributed by atoms with E-state index in [1.165, 1.54) is 25.4 Å². The van der Waals surface area contributed by atoms with E-state index in [4.69, 9.17) is 0 Å². The van der Waals surface area contributed by atoms with E-state index in [0.717, 1.165) is 10.1 Å². The molecule has 0 radical (unpaired) electrons. The summed E-state index contributed by atoms with van der Waals surface area (Å²) in [6.45, 7) is 7.00. The minimum absolute atomic E-state index is 0.158. The Bertz CT molecular complexity index is 650. The van der Waals surface area contributed by atoms with Gasteiger partial charge in [-0.1, -0.05) is 20.8 Å². The molecule has 0 saturated carbocycles. The molecule has 0 unspecified atom stereocenters. The molecule has 0 atom stereocenters. The van der Waals surface area contributed by atoms with Crippen molar-refractivity contribution in [3.63, 3.8) is 0 Å². The lowest BCUT2D eigenvalue weighted by atomic mass is 10.2. The van der Waals surface area contributed by atoms with Crippen molar-refractivity contribution in [1.29, 1.82) is 0 Å². The van der Waals surface area contributed by atoms with Crippen LogP contribution in [0.2, 0.25) is 0 Å². The molecule has 0 spiro atoms. The summed E-state index contributed by atoms with van der Waals surface area (Å²) in [5.74, 6) is 0.686. The molecule has 1 amide bonds. The van der Waals surface area contributed by atoms with Gasteiger partial charge in [-0.05, 0) is 24.3 Å². The van der Waals surface area contributed by atoms with Gasteiger partial charge in [0.15, 0.2) is 0 Å². The Balaban J connectivity index is 2.66. The minimum atomic E-state index is -3.53. The summed E-state index contributed by atoms with van der Waals surface area (Å²) in [5.41, 5.74) is 1.01. The number of thioether (sulfide) groups is 1. The predicted molar refractivity (Wildman–Crippen MR) is 102 cm³/mol. The normalized spacial score (nSPS) is 12.3. The Morgan fingerprint density at radius 2 is 1.67 bits per heavy atom. The third kappa shape index (κ3) is 5.99. The Kier molecular flexibility index (Phi) is 7.12. The molecule has 0 aliphatic carbocycles. The van der Waals surface area contributed by atoms with Crippen LogP contribution in [-0.4, -0.2) is 56.8 Å². The molecule has 6 nitrogen and oxygen atoms in total. The molecule has 0 heterocycles. The third-order valence-corrected chi connectivity index (χ3v) is 6.32. The largest absolute Gasteiger partial charge is 0.351 e. The van der Waals surface area contributed by atoms with Gasteiger partial charge in [0.05, 0.1) is 5.69 Å². The van der Waals surface area contributed by atoms with Crippen LogP contribution in [0.4, 0.5) is 5.69 Å². The number of hydrogen-bond donors (Lipinski definition) is 1. The first kappa shape index (κ1) is 20.8. The zero-order valence-corrected chi connectivity index (χ0v) is 16.8. The predicted octanol–water partition coefficient (Wildman–Crippen LogP) is 2.19. The summed E-state index contributed by atoms with van der Waals surface area (Å²) in [6, 6.07) is 6.51. The van der Waals surface area contributed by atoms with Gasteiger partial charge in [0.1, 0.15) is 0 Å². The number of carbonyl (C=O) groups excluding carboxylic acids is 1. The van der Waals surface area contributed by atoms with E-state index < -0.39 is 10.2 Å². The molecule has 0 saturated heterocycles. The first-order valence-corrected chi connectivity index (χ1v) is 10.0. The average Bonchev–Trinajstić information content (AvgIpc) is 2.49. The zero-order chi connectivity index (χ0) is 18.5. The highest BCUT2D eigenvalue weighted by Crippen LogP contribution is 2.22. The van der Waals surface area contributed by atoms with E-state index in [-0.39, 0.29) is 10.7 Å². The van der Waals surface area contributed by atoms with Crippen molar-refractivity contribution in [1.82, 2.24) is 9.62 Å². The van der Waals surface area contributed by atoms with Crippen molar-refractivity contribution in [2.75, 3.05) is 37.7 Å². The van der Waals surface area contributed by atoms with Crippen molar-refractivity contribution in [2.45, 2.75) is 25.5 Å². The fourth-order valence-corrected chi connectivity index (χ4v) is 3.52. The summed E-state index contributed by atoms with van der Waals surface area (Å²) in [5, 5.41) is 2.87. The molecule has 0 bridgehead atoms. The van der Waals surface area contributed by atoms with Crippen molar-refractivity contribution < 1.29 is 13.2 Å².